The molecule has 1 aliphatic rings. The van der Waals surface area contributed by atoms with Crippen LogP contribution in [0.4, 0.5) is 8.78 Å². The van der Waals surface area contributed by atoms with Gasteiger partial charge in [0.1, 0.15) is 11.5 Å². The van der Waals surface area contributed by atoms with Gasteiger partial charge in [0.2, 0.25) is 0 Å². The third-order valence-corrected chi connectivity index (χ3v) is 4.50. The van der Waals surface area contributed by atoms with E-state index in [0.29, 0.717) is 24.1 Å². The Morgan fingerprint density at radius 3 is 2.64 bits per heavy atom. The number of thioether (sulfide) groups is 1. The molecule has 1 saturated heterocycles. The molecule has 2 heterocycles. The first kappa shape index (κ1) is 17.7. The quantitative estimate of drug-likeness (QED) is 0.791. The molecule has 1 N–H and O–H groups in total. The maximum absolute atomic E-state index is 12.1. The van der Waals surface area contributed by atoms with Crippen molar-refractivity contribution in [2.75, 3.05) is 32.8 Å². The third-order valence-electron chi connectivity index (χ3n) is 3.79. The number of hydrogen-bond acceptors (Lipinski definition) is 5. The number of furan rings is 1. The Morgan fingerprint density at radius 2 is 1.95 bits per heavy atom. The van der Waals surface area contributed by atoms with Crippen molar-refractivity contribution in [3.63, 3.8) is 0 Å². The highest BCUT2D eigenvalue weighted by molar-refractivity contribution is 7.98. The number of nitrogens with one attached hydrogen (secondary N) is 1. The van der Waals surface area contributed by atoms with Crippen LogP contribution >= 0.6 is 11.8 Å². The van der Waals surface area contributed by atoms with Crippen LogP contribution in [0.15, 0.2) is 16.5 Å². The largest absolute Gasteiger partial charge is 0.464 e. The Morgan fingerprint density at radius 1 is 1.27 bits per heavy atom. The van der Waals surface area contributed by atoms with Crippen molar-refractivity contribution in [3.8, 4) is 0 Å². The minimum atomic E-state index is -2.36. The fourth-order valence-electron chi connectivity index (χ4n) is 2.51. The molecule has 1 aromatic rings. The van der Waals surface area contributed by atoms with Crippen molar-refractivity contribution < 1.29 is 17.9 Å². The summed E-state index contributed by atoms with van der Waals surface area (Å²) in [4.78, 5) is 2.41. The molecule has 0 atom stereocenters. The van der Waals surface area contributed by atoms with Crippen LogP contribution in [0.25, 0.3) is 0 Å². The van der Waals surface area contributed by atoms with Gasteiger partial charge in [-0.15, -0.1) is 0 Å². The van der Waals surface area contributed by atoms with Gasteiger partial charge in [0.25, 0.3) is 5.76 Å². The Labute approximate surface area is 134 Å². The number of halogens is 2. The van der Waals surface area contributed by atoms with Crippen LogP contribution in [0.2, 0.25) is 0 Å². The molecule has 0 aromatic carbocycles. The highest BCUT2D eigenvalue weighted by Gasteiger charge is 2.27. The second-order valence-electron chi connectivity index (χ2n) is 5.96. The first-order valence-electron chi connectivity index (χ1n) is 7.48. The topological polar surface area (TPSA) is 37.6 Å². The van der Waals surface area contributed by atoms with Gasteiger partial charge in [-0.25, -0.2) is 0 Å². The fourth-order valence-corrected chi connectivity index (χ4v) is 2.96. The molecule has 1 aliphatic heterocycles. The van der Waals surface area contributed by atoms with Gasteiger partial charge in [-0.05, 0) is 26.0 Å². The van der Waals surface area contributed by atoms with Crippen LogP contribution < -0.4 is 5.32 Å². The van der Waals surface area contributed by atoms with Crippen LogP contribution in [-0.4, -0.2) is 49.0 Å². The molecule has 0 bridgehead atoms. The summed E-state index contributed by atoms with van der Waals surface area (Å²) in [7, 11) is 0. The first-order valence-corrected chi connectivity index (χ1v) is 8.53. The Kier molecular flexibility index (Phi) is 6.67. The van der Waals surface area contributed by atoms with Gasteiger partial charge < -0.3 is 14.5 Å². The zero-order chi connectivity index (χ0) is 16.0. The molecule has 0 amide bonds. The predicted molar refractivity (Wildman–Crippen MR) is 84.2 cm³/mol. The molecule has 22 heavy (non-hydrogen) atoms. The highest BCUT2D eigenvalue weighted by Crippen LogP contribution is 2.21. The van der Waals surface area contributed by atoms with Crippen molar-refractivity contribution in [2.45, 2.75) is 37.4 Å². The maximum atomic E-state index is 12.1. The molecular formula is C15H24F2N2O2S. The van der Waals surface area contributed by atoms with Crippen molar-refractivity contribution in [1.29, 1.82) is 0 Å². The summed E-state index contributed by atoms with van der Waals surface area (Å²) in [5.41, 5.74) is 0.0464. The number of ether oxygens (including phenoxy) is 1. The summed E-state index contributed by atoms with van der Waals surface area (Å²) in [6.07, 6.45) is 0. The average molecular weight is 334 g/mol. The number of rotatable bonds is 8. The molecule has 4 nitrogen and oxygen atoms in total. The van der Waals surface area contributed by atoms with Crippen molar-refractivity contribution in [2.24, 2.45) is 0 Å². The van der Waals surface area contributed by atoms with Gasteiger partial charge in [0.05, 0.1) is 25.5 Å². The van der Waals surface area contributed by atoms with Gasteiger partial charge in [0.15, 0.2) is 0 Å². The second kappa shape index (κ2) is 8.29. The van der Waals surface area contributed by atoms with Crippen molar-refractivity contribution in [1.82, 2.24) is 10.2 Å². The predicted octanol–water partition coefficient (Wildman–Crippen LogP) is 2.94. The van der Waals surface area contributed by atoms with Crippen LogP contribution in [-0.2, 0) is 17.0 Å². The van der Waals surface area contributed by atoms with Crippen molar-refractivity contribution >= 4 is 11.8 Å². The van der Waals surface area contributed by atoms with E-state index >= 15 is 0 Å². The van der Waals surface area contributed by atoms with E-state index < -0.39 is 5.76 Å². The lowest BCUT2D eigenvalue weighted by atomic mass is 10.0. The van der Waals surface area contributed by atoms with E-state index in [1.807, 2.05) is 6.07 Å². The van der Waals surface area contributed by atoms with E-state index in [2.05, 4.69) is 24.1 Å². The van der Waals surface area contributed by atoms with E-state index in [0.717, 1.165) is 38.6 Å². The summed E-state index contributed by atoms with van der Waals surface area (Å²) in [6.45, 7) is 9.31. The first-order chi connectivity index (χ1) is 10.5. The molecule has 0 saturated carbocycles. The molecule has 2 rings (SSSR count). The molecule has 7 heteroatoms. The summed E-state index contributed by atoms with van der Waals surface area (Å²) >= 11 is 0.579. The zero-order valence-corrected chi connectivity index (χ0v) is 13.9. The van der Waals surface area contributed by atoms with Crippen LogP contribution in [0.1, 0.15) is 25.4 Å². The van der Waals surface area contributed by atoms with E-state index in [4.69, 9.17) is 9.15 Å². The zero-order valence-electron chi connectivity index (χ0n) is 13.1. The monoisotopic (exact) mass is 334 g/mol. The number of alkyl halides is 2. The second-order valence-corrected chi connectivity index (χ2v) is 6.93. The van der Waals surface area contributed by atoms with Crippen LogP contribution in [0, 0.1) is 0 Å². The van der Waals surface area contributed by atoms with Gasteiger partial charge >= 0.3 is 0 Å². The third kappa shape index (κ3) is 5.53. The molecule has 1 aromatic heterocycles. The Bertz CT molecular complexity index is 449. The number of hydrogen-bond donors (Lipinski definition) is 1. The van der Waals surface area contributed by atoms with E-state index in [-0.39, 0.29) is 11.3 Å². The molecule has 1 fully saturated rings. The minimum Gasteiger partial charge on any atom is -0.464 e. The van der Waals surface area contributed by atoms with Crippen LogP contribution in [0.3, 0.4) is 0 Å². The summed E-state index contributed by atoms with van der Waals surface area (Å²) < 4.78 is 35.2. The lowest BCUT2D eigenvalue weighted by Gasteiger charge is -2.41. The van der Waals surface area contributed by atoms with Gasteiger partial charge in [0, 0.05) is 25.2 Å². The molecule has 0 radical (unpaired) electrons. The van der Waals surface area contributed by atoms with E-state index in [1.54, 1.807) is 6.07 Å². The Balaban J connectivity index is 1.73. The lowest BCUT2D eigenvalue weighted by molar-refractivity contribution is -0.00977. The van der Waals surface area contributed by atoms with Crippen LogP contribution in [0.5, 0.6) is 0 Å². The maximum Gasteiger partial charge on any atom is 0.284 e. The fraction of sp³-hybridized carbons (Fsp3) is 0.733. The van der Waals surface area contributed by atoms with E-state index in [9.17, 15) is 8.78 Å². The molecule has 126 valence electrons. The average Bonchev–Trinajstić information content (AvgIpc) is 2.94. The molecule has 0 spiro atoms. The molecule has 0 aliphatic carbocycles. The van der Waals surface area contributed by atoms with Crippen molar-refractivity contribution in [3.05, 3.63) is 23.7 Å². The van der Waals surface area contributed by atoms with Gasteiger partial charge in [-0.3, -0.25) is 4.90 Å². The standard InChI is InChI=1S/C15H24F2N2O2S/c1-15(2,19-5-7-20-8-6-19)11-18-9-12-3-4-13(21-12)10-22-14(16)17/h3-4,14,18H,5-11H2,1-2H3. The van der Waals surface area contributed by atoms with Gasteiger partial charge in [-0.2, -0.15) is 8.78 Å². The lowest BCUT2D eigenvalue weighted by Crippen LogP contribution is -2.54. The van der Waals surface area contributed by atoms with E-state index in [1.165, 1.54) is 0 Å². The molecular weight excluding hydrogens is 310 g/mol. The smallest absolute Gasteiger partial charge is 0.284 e. The number of nitrogens with zero attached hydrogens (tertiary/aromatic N) is 1. The summed E-state index contributed by atoms with van der Waals surface area (Å²) in [5.74, 6) is -0.783. The summed E-state index contributed by atoms with van der Waals surface area (Å²) in [6, 6.07) is 3.61. The Hall–Kier alpha value is -0.630. The highest BCUT2D eigenvalue weighted by atomic mass is 32.2. The molecule has 0 unspecified atom stereocenters. The minimum absolute atomic E-state index is 0.0464. The normalized spacial score (nSPS) is 17.3. The van der Waals surface area contributed by atoms with Gasteiger partial charge in [-0.1, -0.05) is 11.8 Å². The summed E-state index contributed by atoms with van der Waals surface area (Å²) in [5, 5.41) is 3.39. The SMILES string of the molecule is CC(C)(CNCc1ccc(CSC(F)F)o1)N1CCOCC1. The number of morpholine rings is 1.